The van der Waals surface area contributed by atoms with E-state index in [2.05, 4.69) is 74.9 Å². The Kier molecular flexibility index (Phi) is 11.8. The van der Waals surface area contributed by atoms with Crippen molar-refractivity contribution in [3.8, 4) is 45.1 Å². The van der Waals surface area contributed by atoms with E-state index in [1.54, 1.807) is 34.8 Å². The minimum atomic E-state index is -1.03. The molecule has 0 unspecified atom stereocenters. The van der Waals surface area contributed by atoms with Crippen LogP contribution in [0.15, 0.2) is 114 Å². The zero-order valence-corrected chi connectivity index (χ0v) is 39.0. The van der Waals surface area contributed by atoms with Crippen LogP contribution in [-0.4, -0.2) is 38.2 Å². The maximum Gasteiger partial charge on any atom is 0.336 e. The molecule has 0 spiro atoms. The van der Waals surface area contributed by atoms with Gasteiger partial charge in [-0.05, 0) is 109 Å². The van der Waals surface area contributed by atoms with Gasteiger partial charge in [-0.15, -0.1) is 22.7 Å². The first-order valence-corrected chi connectivity index (χ1v) is 24.7. The summed E-state index contributed by atoms with van der Waals surface area (Å²) >= 11 is 3.22. The summed E-state index contributed by atoms with van der Waals surface area (Å²) in [5.74, 6) is -0.347. The number of hydrogen-bond acceptors (Lipinski definition) is 8. The summed E-state index contributed by atoms with van der Waals surface area (Å²) in [7, 11) is 0. The molecule has 10 heteroatoms. The fourth-order valence-electron chi connectivity index (χ4n) is 9.80. The SMILES string of the molecule is CCc1ccc(O[C@@H]2CCC[C@@H](C)C2)c2c(C(=O)O)cc(-c3csc4cc(-c5ccc6c(-c7cc(C(=O)O)c8c(O[C@H](CC)c9ccccc9)ccc(CC)c8n7)csc6c5)ccc34)nc12. The largest absolute Gasteiger partial charge is 0.490 e. The lowest BCUT2D eigenvalue weighted by molar-refractivity contribution is 0.0687. The number of carbonyl (C=O) groups is 2. The lowest BCUT2D eigenvalue weighted by Gasteiger charge is -2.28. The molecule has 8 nitrogen and oxygen atoms in total. The Hall–Kier alpha value is -6.62. The minimum absolute atomic E-state index is 0.0560. The highest BCUT2D eigenvalue weighted by atomic mass is 32.1. The number of pyridine rings is 2. The summed E-state index contributed by atoms with van der Waals surface area (Å²) in [5.41, 5.74) is 9.77. The van der Waals surface area contributed by atoms with Crippen molar-refractivity contribution in [2.45, 2.75) is 84.8 Å². The summed E-state index contributed by atoms with van der Waals surface area (Å²) in [4.78, 5) is 36.4. The minimum Gasteiger partial charge on any atom is -0.490 e. The van der Waals surface area contributed by atoms with E-state index in [0.29, 0.717) is 63.5 Å². The van der Waals surface area contributed by atoms with E-state index >= 15 is 0 Å². The number of ether oxygens (including phenoxy) is 2. The van der Waals surface area contributed by atoms with Crippen LogP contribution >= 0.6 is 22.7 Å². The van der Waals surface area contributed by atoms with Gasteiger partial charge in [0.25, 0.3) is 0 Å². The van der Waals surface area contributed by atoms with Crippen molar-refractivity contribution in [3.63, 3.8) is 0 Å². The Morgan fingerprint density at radius 3 is 1.74 bits per heavy atom. The molecule has 0 aliphatic heterocycles. The van der Waals surface area contributed by atoms with Gasteiger partial charge in [0.1, 0.15) is 17.6 Å². The van der Waals surface area contributed by atoms with Gasteiger partial charge in [-0.1, -0.05) is 101 Å². The number of carboxylic acids is 2. The molecule has 0 amide bonds. The van der Waals surface area contributed by atoms with Crippen LogP contribution < -0.4 is 9.47 Å². The molecule has 332 valence electrons. The van der Waals surface area contributed by atoms with Crippen molar-refractivity contribution in [2.24, 2.45) is 5.92 Å². The van der Waals surface area contributed by atoms with E-state index < -0.39 is 11.9 Å². The van der Waals surface area contributed by atoms with Crippen LogP contribution in [0.25, 0.3) is 75.6 Å². The van der Waals surface area contributed by atoms with Crippen molar-refractivity contribution in [1.82, 2.24) is 9.97 Å². The van der Waals surface area contributed by atoms with E-state index in [4.69, 9.17) is 19.4 Å². The Bertz CT molecular complexity index is 3340. The molecule has 1 saturated carbocycles. The molecule has 10 rings (SSSR count). The fourth-order valence-corrected chi connectivity index (χ4v) is 11.8. The number of benzene rings is 5. The van der Waals surface area contributed by atoms with Gasteiger partial charge in [0.15, 0.2) is 0 Å². The smallest absolute Gasteiger partial charge is 0.336 e. The number of rotatable bonds is 13. The van der Waals surface area contributed by atoms with Gasteiger partial charge in [0.05, 0.1) is 50.4 Å². The first-order chi connectivity index (χ1) is 32.1. The van der Waals surface area contributed by atoms with Crippen molar-refractivity contribution >= 4 is 76.6 Å². The highest BCUT2D eigenvalue weighted by Gasteiger charge is 2.26. The normalized spacial score (nSPS) is 15.7. The van der Waals surface area contributed by atoms with Gasteiger partial charge >= 0.3 is 11.9 Å². The third-order valence-corrected chi connectivity index (χ3v) is 15.2. The molecule has 66 heavy (non-hydrogen) atoms. The fraction of sp³-hybridized carbons (Fsp3) is 0.250. The molecular formula is C56H50N2O6S2. The molecule has 9 aromatic rings. The number of fused-ring (bicyclic) bond motifs is 4. The molecule has 3 atom stereocenters. The average molecular weight is 911 g/mol. The van der Waals surface area contributed by atoms with E-state index in [9.17, 15) is 19.8 Å². The first-order valence-electron chi connectivity index (χ1n) is 22.9. The second kappa shape index (κ2) is 18.0. The van der Waals surface area contributed by atoms with Crippen LogP contribution in [-0.2, 0) is 12.8 Å². The summed E-state index contributed by atoms with van der Waals surface area (Å²) in [6.45, 7) is 8.44. The number of carboxylic acid groups (broad SMARTS) is 2. The van der Waals surface area contributed by atoms with E-state index in [0.717, 1.165) is 84.8 Å². The number of aryl methyl sites for hydroxylation is 2. The average Bonchev–Trinajstić information content (AvgIpc) is 3.97. The molecule has 5 aromatic carbocycles. The van der Waals surface area contributed by atoms with E-state index in [-0.39, 0.29) is 23.3 Å². The van der Waals surface area contributed by atoms with Gasteiger partial charge in [0, 0.05) is 42.1 Å². The molecule has 4 aromatic heterocycles. The summed E-state index contributed by atoms with van der Waals surface area (Å²) < 4.78 is 15.3. The number of nitrogens with zero attached hydrogens (tertiary/aromatic N) is 2. The summed E-state index contributed by atoms with van der Waals surface area (Å²) in [5, 5.41) is 28.5. The monoisotopic (exact) mass is 910 g/mol. The molecule has 0 saturated heterocycles. The van der Waals surface area contributed by atoms with Gasteiger partial charge in [-0.3, -0.25) is 0 Å². The van der Waals surface area contributed by atoms with Crippen LogP contribution in [0, 0.1) is 5.92 Å². The highest BCUT2D eigenvalue weighted by molar-refractivity contribution is 7.18. The first kappa shape index (κ1) is 43.3. The molecule has 0 bridgehead atoms. The number of hydrogen-bond donors (Lipinski definition) is 2. The maximum atomic E-state index is 13.0. The second-order valence-corrected chi connectivity index (χ2v) is 19.3. The zero-order valence-electron chi connectivity index (χ0n) is 37.4. The van der Waals surface area contributed by atoms with E-state index in [1.165, 1.54) is 6.42 Å². The molecule has 1 aliphatic rings. The zero-order chi connectivity index (χ0) is 45.6. The van der Waals surface area contributed by atoms with Crippen LogP contribution in [0.4, 0.5) is 0 Å². The molecule has 0 radical (unpaired) electrons. The molecule has 2 N–H and O–H groups in total. The van der Waals surface area contributed by atoms with Crippen molar-refractivity contribution in [1.29, 1.82) is 0 Å². The van der Waals surface area contributed by atoms with Crippen LogP contribution in [0.3, 0.4) is 0 Å². The predicted molar refractivity (Wildman–Crippen MR) is 269 cm³/mol. The van der Waals surface area contributed by atoms with E-state index in [1.807, 2.05) is 54.6 Å². The lowest BCUT2D eigenvalue weighted by atomic mass is 9.88. The Morgan fingerprint density at radius 2 is 1.23 bits per heavy atom. The quantitative estimate of drug-likeness (QED) is 0.117. The van der Waals surface area contributed by atoms with Gasteiger partial charge < -0.3 is 19.7 Å². The number of aromatic carboxylic acids is 2. The topological polar surface area (TPSA) is 119 Å². The summed E-state index contributed by atoms with van der Waals surface area (Å²) in [6, 6.07) is 34.0. The standard InChI is InChI=1S/C56H50N2O6S2/c1-5-32-18-22-47(63-37-15-11-12-31(4)24-37)51-40(55(59)60)27-44(57-53(32)51)42-29-65-49-25-35(16-20-38(42)49)36-17-21-39-43(30-66-50(39)26-36)45-28-41(56(61)62)52-48(23-19-33(6-2)54(52)58-45)64-46(7-3)34-13-9-8-10-14-34/h8-10,13-14,16-23,25-31,37,46H,5-7,11-12,15,24H2,1-4H3,(H,59,60)(H,61,62)/t31-,37-,46-/m1/s1. The third kappa shape index (κ3) is 7.96. The Balaban J connectivity index is 0.988. The van der Waals surface area contributed by atoms with Crippen LogP contribution in [0.5, 0.6) is 11.5 Å². The number of thiophene rings is 2. The van der Waals surface area contributed by atoms with Gasteiger partial charge in [0.2, 0.25) is 0 Å². The lowest BCUT2D eigenvalue weighted by Crippen LogP contribution is -2.24. The van der Waals surface area contributed by atoms with Gasteiger partial charge in [-0.25, -0.2) is 19.6 Å². The van der Waals surface area contributed by atoms with Crippen LogP contribution in [0.1, 0.15) is 103 Å². The third-order valence-electron chi connectivity index (χ3n) is 13.3. The predicted octanol–water partition coefficient (Wildman–Crippen LogP) is 15.2. The second-order valence-electron chi connectivity index (χ2n) is 17.5. The molecule has 1 fully saturated rings. The van der Waals surface area contributed by atoms with Crippen molar-refractivity contribution < 1.29 is 29.3 Å². The molecule has 1 aliphatic carbocycles. The van der Waals surface area contributed by atoms with Gasteiger partial charge in [-0.2, -0.15) is 0 Å². The molecule has 4 heterocycles. The van der Waals surface area contributed by atoms with Crippen molar-refractivity contribution in [3.05, 3.63) is 142 Å². The molecular weight excluding hydrogens is 861 g/mol. The number of aromatic nitrogens is 2. The summed E-state index contributed by atoms with van der Waals surface area (Å²) in [6.07, 6.45) is 6.15. The Labute approximate surface area is 391 Å². The van der Waals surface area contributed by atoms with Crippen LogP contribution in [0.2, 0.25) is 0 Å². The maximum absolute atomic E-state index is 13.0. The van der Waals surface area contributed by atoms with Crippen molar-refractivity contribution in [2.75, 3.05) is 0 Å². The highest BCUT2D eigenvalue weighted by Crippen LogP contribution is 2.43. The Morgan fingerprint density at radius 1 is 0.682 bits per heavy atom.